The van der Waals surface area contributed by atoms with Crippen molar-refractivity contribution in [2.45, 2.75) is 6.92 Å². The third-order valence-electron chi connectivity index (χ3n) is 2.57. The topological polar surface area (TPSA) is 82.3 Å². The van der Waals surface area contributed by atoms with Gasteiger partial charge in [0.05, 0.1) is 0 Å². The van der Waals surface area contributed by atoms with Gasteiger partial charge in [0.15, 0.2) is 0 Å². The van der Waals surface area contributed by atoms with Crippen LogP contribution in [0.4, 0.5) is 16.2 Å². The smallest absolute Gasteiger partial charge is 0.318 e. The van der Waals surface area contributed by atoms with Crippen molar-refractivity contribution in [1.82, 2.24) is 10.6 Å². The summed E-state index contributed by atoms with van der Waals surface area (Å²) in [5.41, 5.74) is 1.28. The molecule has 0 bridgehead atoms. The van der Waals surface area contributed by atoms with Gasteiger partial charge in [0, 0.05) is 30.9 Å². The molecule has 0 saturated heterocycles. The summed E-state index contributed by atoms with van der Waals surface area (Å²) in [4.78, 5) is 23.0. The molecule has 112 valence electrons. The zero-order chi connectivity index (χ0) is 14.3. The molecule has 0 aliphatic heterocycles. The van der Waals surface area contributed by atoms with E-state index in [1.807, 2.05) is 6.92 Å². The molecule has 0 aromatic heterocycles. The van der Waals surface area contributed by atoms with E-state index < -0.39 is 0 Å². The van der Waals surface area contributed by atoms with Gasteiger partial charge < -0.3 is 21.3 Å². The van der Waals surface area contributed by atoms with E-state index in [9.17, 15) is 9.59 Å². The van der Waals surface area contributed by atoms with E-state index in [-0.39, 0.29) is 30.3 Å². The average Bonchev–Trinajstić information content (AvgIpc) is 2.39. The molecule has 1 aromatic rings. The van der Waals surface area contributed by atoms with E-state index in [0.717, 1.165) is 0 Å². The van der Waals surface area contributed by atoms with Crippen LogP contribution in [0.25, 0.3) is 0 Å². The van der Waals surface area contributed by atoms with Crippen LogP contribution in [0.3, 0.4) is 0 Å². The number of urea groups is 1. The second kappa shape index (κ2) is 9.17. The van der Waals surface area contributed by atoms with Crippen molar-refractivity contribution < 1.29 is 9.59 Å². The van der Waals surface area contributed by atoms with Gasteiger partial charge in [0.1, 0.15) is 0 Å². The molecule has 0 aliphatic rings. The van der Waals surface area contributed by atoms with Crippen LogP contribution in [-0.4, -0.2) is 32.6 Å². The van der Waals surface area contributed by atoms with Gasteiger partial charge >= 0.3 is 6.03 Å². The first-order chi connectivity index (χ1) is 9.06. The maximum atomic E-state index is 11.8. The highest BCUT2D eigenvalue weighted by atomic mass is 35.5. The Hall–Kier alpha value is -1.79. The summed E-state index contributed by atoms with van der Waals surface area (Å²) in [5.74, 6) is -0.188. The van der Waals surface area contributed by atoms with Crippen LogP contribution in [0.15, 0.2) is 24.3 Å². The molecule has 4 N–H and O–H groups in total. The van der Waals surface area contributed by atoms with Crippen molar-refractivity contribution in [3.8, 4) is 0 Å². The van der Waals surface area contributed by atoms with Crippen LogP contribution in [0.5, 0.6) is 0 Å². The number of hydrogen-bond acceptors (Lipinski definition) is 3. The molecule has 0 fully saturated rings. The number of anilines is 2. The minimum absolute atomic E-state index is 0. The SMILES string of the molecule is CNCC(C)C(=O)Nc1cccc(NC(=O)NC)c1.Cl. The van der Waals surface area contributed by atoms with Gasteiger partial charge in [0.25, 0.3) is 0 Å². The van der Waals surface area contributed by atoms with Crippen LogP contribution in [-0.2, 0) is 4.79 Å². The lowest BCUT2D eigenvalue weighted by Gasteiger charge is -2.12. The van der Waals surface area contributed by atoms with E-state index in [1.54, 1.807) is 38.4 Å². The molecule has 0 aliphatic carbocycles. The van der Waals surface area contributed by atoms with Gasteiger partial charge in [-0.2, -0.15) is 0 Å². The van der Waals surface area contributed by atoms with Gasteiger partial charge in [0.2, 0.25) is 5.91 Å². The monoisotopic (exact) mass is 300 g/mol. The Kier molecular flexibility index (Phi) is 8.35. The second-order valence-corrected chi connectivity index (χ2v) is 4.23. The summed E-state index contributed by atoms with van der Waals surface area (Å²) < 4.78 is 0. The number of benzene rings is 1. The predicted molar refractivity (Wildman–Crippen MR) is 83.5 cm³/mol. The fourth-order valence-corrected chi connectivity index (χ4v) is 1.53. The third kappa shape index (κ3) is 5.90. The highest BCUT2D eigenvalue weighted by Crippen LogP contribution is 2.15. The minimum Gasteiger partial charge on any atom is -0.341 e. The highest BCUT2D eigenvalue weighted by molar-refractivity contribution is 5.94. The maximum Gasteiger partial charge on any atom is 0.318 e. The summed E-state index contributed by atoms with van der Waals surface area (Å²) >= 11 is 0. The standard InChI is InChI=1S/C13H20N4O2.ClH/c1-9(8-14-2)12(18)16-10-5-4-6-11(7-10)17-13(19)15-3;/h4-7,9,14H,8H2,1-3H3,(H,16,18)(H2,15,17,19);1H. The Morgan fingerprint density at radius 3 is 2.30 bits per heavy atom. The van der Waals surface area contributed by atoms with Crippen molar-refractivity contribution in [3.05, 3.63) is 24.3 Å². The largest absolute Gasteiger partial charge is 0.341 e. The summed E-state index contributed by atoms with van der Waals surface area (Å²) in [5, 5.41) is 10.9. The summed E-state index contributed by atoms with van der Waals surface area (Å²) in [6, 6.07) is 6.70. The first kappa shape index (κ1) is 18.2. The lowest BCUT2D eigenvalue weighted by Crippen LogP contribution is -2.28. The molecule has 0 radical (unpaired) electrons. The molecular weight excluding hydrogens is 280 g/mol. The summed E-state index contributed by atoms with van der Waals surface area (Å²) in [7, 11) is 3.35. The Labute approximate surface area is 125 Å². The molecule has 1 aromatic carbocycles. The number of rotatable bonds is 5. The van der Waals surface area contributed by atoms with Gasteiger partial charge in [-0.3, -0.25) is 4.79 Å². The van der Waals surface area contributed by atoms with Gasteiger partial charge in [-0.25, -0.2) is 4.79 Å². The molecule has 1 rings (SSSR count). The maximum absolute atomic E-state index is 11.8. The van der Waals surface area contributed by atoms with Gasteiger partial charge in [-0.15, -0.1) is 12.4 Å². The van der Waals surface area contributed by atoms with E-state index in [2.05, 4.69) is 21.3 Å². The molecule has 7 heteroatoms. The number of nitrogens with one attached hydrogen (secondary N) is 4. The average molecular weight is 301 g/mol. The third-order valence-corrected chi connectivity index (χ3v) is 2.57. The highest BCUT2D eigenvalue weighted by Gasteiger charge is 2.12. The lowest BCUT2D eigenvalue weighted by molar-refractivity contribution is -0.119. The number of carbonyl (C=O) groups is 2. The molecule has 0 spiro atoms. The molecule has 1 atom stereocenters. The molecule has 1 unspecified atom stereocenters. The van der Waals surface area contributed by atoms with Gasteiger partial charge in [-0.1, -0.05) is 13.0 Å². The molecular formula is C13H21ClN4O2. The van der Waals surface area contributed by atoms with Gasteiger partial charge in [-0.05, 0) is 25.2 Å². The Morgan fingerprint density at radius 2 is 1.75 bits per heavy atom. The minimum atomic E-state index is -0.299. The van der Waals surface area contributed by atoms with Crippen LogP contribution in [0, 0.1) is 5.92 Å². The van der Waals surface area contributed by atoms with Crippen LogP contribution in [0.1, 0.15) is 6.92 Å². The zero-order valence-electron chi connectivity index (χ0n) is 11.8. The fourth-order valence-electron chi connectivity index (χ4n) is 1.53. The molecule has 3 amide bonds. The number of carbonyl (C=O) groups excluding carboxylic acids is 2. The van der Waals surface area contributed by atoms with Crippen molar-refractivity contribution in [2.24, 2.45) is 5.92 Å². The fraction of sp³-hybridized carbons (Fsp3) is 0.385. The van der Waals surface area contributed by atoms with Crippen molar-refractivity contribution in [1.29, 1.82) is 0 Å². The molecule has 0 saturated carbocycles. The first-order valence-electron chi connectivity index (χ1n) is 6.11. The Bertz CT molecular complexity index is 454. The van der Waals surface area contributed by atoms with Crippen LogP contribution in [0.2, 0.25) is 0 Å². The Balaban J connectivity index is 0.00000361. The van der Waals surface area contributed by atoms with Crippen molar-refractivity contribution in [2.75, 3.05) is 31.3 Å². The van der Waals surface area contributed by atoms with E-state index in [0.29, 0.717) is 17.9 Å². The summed E-state index contributed by atoms with van der Waals surface area (Å²) in [6.45, 7) is 2.46. The summed E-state index contributed by atoms with van der Waals surface area (Å²) in [6.07, 6.45) is 0. The van der Waals surface area contributed by atoms with E-state index in [1.165, 1.54) is 0 Å². The Morgan fingerprint density at radius 1 is 1.15 bits per heavy atom. The predicted octanol–water partition coefficient (Wildman–Crippen LogP) is 1.65. The molecule has 20 heavy (non-hydrogen) atoms. The van der Waals surface area contributed by atoms with E-state index >= 15 is 0 Å². The van der Waals surface area contributed by atoms with E-state index in [4.69, 9.17) is 0 Å². The number of hydrogen-bond donors (Lipinski definition) is 4. The molecule has 0 heterocycles. The molecule has 6 nitrogen and oxygen atoms in total. The van der Waals surface area contributed by atoms with Crippen molar-refractivity contribution >= 4 is 35.7 Å². The van der Waals surface area contributed by atoms with Crippen molar-refractivity contribution in [3.63, 3.8) is 0 Å². The van der Waals surface area contributed by atoms with Crippen LogP contribution < -0.4 is 21.3 Å². The number of amides is 3. The lowest BCUT2D eigenvalue weighted by atomic mass is 10.1. The normalized spacial score (nSPS) is 10.9. The first-order valence-corrected chi connectivity index (χ1v) is 6.11. The zero-order valence-corrected chi connectivity index (χ0v) is 12.6. The van der Waals surface area contributed by atoms with Crippen LogP contribution >= 0.6 is 12.4 Å². The number of halogens is 1. The second-order valence-electron chi connectivity index (χ2n) is 4.23. The quantitative estimate of drug-likeness (QED) is 0.667.